The molecule has 7 heteroatoms. The van der Waals surface area contributed by atoms with Gasteiger partial charge in [0.1, 0.15) is 19.0 Å². The van der Waals surface area contributed by atoms with Crippen LogP contribution in [-0.4, -0.2) is 29.5 Å². The first-order chi connectivity index (χ1) is 8.83. The van der Waals surface area contributed by atoms with Gasteiger partial charge in [-0.15, -0.1) is 0 Å². The van der Waals surface area contributed by atoms with Crippen molar-refractivity contribution >= 4 is 0 Å². The molecule has 2 heterocycles. The zero-order chi connectivity index (χ0) is 12.4. The molecule has 1 aromatic carbocycles. The highest BCUT2D eigenvalue weighted by Crippen LogP contribution is 2.08. The summed E-state index contributed by atoms with van der Waals surface area (Å²) in [4.78, 5) is 15.3. The summed E-state index contributed by atoms with van der Waals surface area (Å²) in [6.45, 7) is 0.653. The van der Waals surface area contributed by atoms with Crippen molar-refractivity contribution in [2.75, 3.05) is 0 Å². The van der Waals surface area contributed by atoms with Gasteiger partial charge in [-0.3, -0.25) is 0 Å². The number of nitrogens with one attached hydrogen (secondary N) is 1. The van der Waals surface area contributed by atoms with Crippen molar-refractivity contribution in [1.82, 2.24) is 29.5 Å². The van der Waals surface area contributed by atoms with Crippen LogP contribution in [0.3, 0.4) is 0 Å². The highest BCUT2D eigenvalue weighted by molar-refractivity contribution is 5.34. The maximum absolute atomic E-state index is 11.4. The fraction of sp³-hybridized carbons (Fsp3) is 0.0909. The van der Waals surface area contributed by atoms with E-state index in [0.717, 1.165) is 11.3 Å². The van der Waals surface area contributed by atoms with Gasteiger partial charge in [-0.25, -0.2) is 24.1 Å². The quantitative estimate of drug-likeness (QED) is 0.711. The molecule has 0 spiro atoms. The molecule has 0 radical (unpaired) electrons. The predicted molar refractivity (Wildman–Crippen MR) is 63.3 cm³/mol. The SMILES string of the molecule is O=c1[nH]ncn1-c1ccc(Cn2cncn2)cc1. The molecule has 90 valence electrons. The van der Waals surface area contributed by atoms with Gasteiger partial charge in [-0.1, -0.05) is 12.1 Å². The Morgan fingerprint density at radius 1 is 1.17 bits per heavy atom. The normalized spacial score (nSPS) is 10.7. The van der Waals surface area contributed by atoms with Crippen LogP contribution in [0.5, 0.6) is 0 Å². The van der Waals surface area contributed by atoms with Crippen LogP contribution < -0.4 is 5.69 Å². The van der Waals surface area contributed by atoms with Crippen LogP contribution in [-0.2, 0) is 6.54 Å². The summed E-state index contributed by atoms with van der Waals surface area (Å²) in [5.74, 6) is 0. The number of nitrogens with zero attached hydrogens (tertiary/aromatic N) is 5. The zero-order valence-corrected chi connectivity index (χ0v) is 9.39. The second-order valence-corrected chi connectivity index (χ2v) is 3.79. The third kappa shape index (κ3) is 1.93. The fourth-order valence-electron chi connectivity index (χ4n) is 1.70. The zero-order valence-electron chi connectivity index (χ0n) is 9.39. The van der Waals surface area contributed by atoms with Gasteiger partial charge in [0.25, 0.3) is 0 Å². The Morgan fingerprint density at radius 2 is 2.00 bits per heavy atom. The van der Waals surface area contributed by atoms with Gasteiger partial charge in [0.15, 0.2) is 0 Å². The molecule has 1 N–H and O–H groups in total. The maximum atomic E-state index is 11.4. The van der Waals surface area contributed by atoms with E-state index in [0.29, 0.717) is 6.54 Å². The summed E-state index contributed by atoms with van der Waals surface area (Å²) in [5.41, 5.74) is 1.61. The van der Waals surface area contributed by atoms with E-state index in [1.807, 2.05) is 24.3 Å². The van der Waals surface area contributed by atoms with Crippen molar-refractivity contribution in [2.24, 2.45) is 0 Å². The minimum absolute atomic E-state index is 0.251. The molecule has 0 aliphatic carbocycles. The molecule has 18 heavy (non-hydrogen) atoms. The highest BCUT2D eigenvalue weighted by atomic mass is 16.1. The van der Waals surface area contributed by atoms with Crippen LogP contribution >= 0.6 is 0 Å². The molecule has 0 amide bonds. The molecule has 2 aromatic heterocycles. The van der Waals surface area contributed by atoms with Crippen LogP contribution in [0, 0.1) is 0 Å². The molecule has 3 rings (SSSR count). The lowest BCUT2D eigenvalue weighted by molar-refractivity contribution is 0.684. The first-order valence-electron chi connectivity index (χ1n) is 5.37. The predicted octanol–water partition coefficient (Wildman–Crippen LogP) is 0.200. The van der Waals surface area contributed by atoms with Gasteiger partial charge in [0.05, 0.1) is 12.2 Å². The Morgan fingerprint density at radius 3 is 2.61 bits per heavy atom. The molecule has 0 saturated carbocycles. The van der Waals surface area contributed by atoms with Gasteiger partial charge < -0.3 is 0 Å². The van der Waals surface area contributed by atoms with Gasteiger partial charge in [-0.05, 0) is 17.7 Å². The summed E-state index contributed by atoms with van der Waals surface area (Å²) in [5, 5.41) is 10.1. The Labute approximate surface area is 102 Å². The first kappa shape index (κ1) is 10.5. The molecule has 0 unspecified atom stereocenters. The average Bonchev–Trinajstić information content (AvgIpc) is 3.02. The monoisotopic (exact) mass is 242 g/mol. The van der Waals surface area contributed by atoms with Crippen LogP contribution in [0.2, 0.25) is 0 Å². The molecule has 0 aliphatic heterocycles. The number of aromatic amines is 1. The minimum Gasteiger partial charge on any atom is -0.250 e. The molecule has 0 fully saturated rings. The number of rotatable bonds is 3. The molecule has 0 aliphatic rings. The van der Waals surface area contributed by atoms with Crippen molar-refractivity contribution in [3.05, 3.63) is 59.3 Å². The van der Waals surface area contributed by atoms with Gasteiger partial charge in [-0.2, -0.15) is 10.2 Å². The summed E-state index contributed by atoms with van der Waals surface area (Å²) in [7, 11) is 0. The van der Waals surface area contributed by atoms with Crippen molar-refractivity contribution < 1.29 is 0 Å². The van der Waals surface area contributed by atoms with Crippen molar-refractivity contribution in [1.29, 1.82) is 0 Å². The third-order valence-corrected chi connectivity index (χ3v) is 2.58. The van der Waals surface area contributed by atoms with Crippen molar-refractivity contribution in [2.45, 2.75) is 6.54 Å². The number of hydrogen-bond donors (Lipinski definition) is 1. The van der Waals surface area contributed by atoms with E-state index in [4.69, 9.17) is 0 Å². The molecule has 3 aromatic rings. The largest absolute Gasteiger partial charge is 0.347 e. The van der Waals surface area contributed by atoms with Crippen LogP contribution in [0.1, 0.15) is 5.56 Å². The smallest absolute Gasteiger partial charge is 0.250 e. The van der Waals surface area contributed by atoms with E-state index < -0.39 is 0 Å². The lowest BCUT2D eigenvalue weighted by atomic mass is 10.2. The topological polar surface area (TPSA) is 81.4 Å². The minimum atomic E-state index is -0.251. The van der Waals surface area contributed by atoms with Crippen molar-refractivity contribution in [3.63, 3.8) is 0 Å². The Kier molecular flexibility index (Phi) is 2.49. The number of hydrogen-bond acceptors (Lipinski definition) is 4. The maximum Gasteiger partial charge on any atom is 0.347 e. The number of benzene rings is 1. The fourth-order valence-corrected chi connectivity index (χ4v) is 1.70. The molecule has 0 saturated heterocycles. The van der Waals surface area contributed by atoms with E-state index in [9.17, 15) is 4.79 Å². The third-order valence-electron chi connectivity index (χ3n) is 2.58. The summed E-state index contributed by atoms with van der Waals surface area (Å²) >= 11 is 0. The Balaban J connectivity index is 1.85. The lowest BCUT2D eigenvalue weighted by Crippen LogP contribution is -2.14. The molecule has 0 atom stereocenters. The summed E-state index contributed by atoms with van der Waals surface area (Å²) in [6.07, 6.45) is 4.61. The standard InChI is InChI=1S/C11H10N6O/c18-11-15-13-8-17(11)10-3-1-9(2-4-10)5-16-7-12-6-14-16/h1-4,6-8H,5H2,(H,15,18). The van der Waals surface area contributed by atoms with Crippen molar-refractivity contribution in [3.8, 4) is 5.69 Å². The van der Waals surface area contributed by atoms with Gasteiger partial charge in [0.2, 0.25) is 0 Å². The van der Waals surface area contributed by atoms with Crippen LogP contribution in [0.15, 0.2) is 48.0 Å². The van der Waals surface area contributed by atoms with Gasteiger partial charge >= 0.3 is 5.69 Å². The second kappa shape index (κ2) is 4.28. The Bertz CT molecular complexity index is 679. The number of aromatic nitrogens is 6. The van der Waals surface area contributed by atoms with E-state index in [1.54, 1.807) is 11.0 Å². The van der Waals surface area contributed by atoms with E-state index >= 15 is 0 Å². The number of H-pyrrole nitrogens is 1. The van der Waals surface area contributed by atoms with E-state index in [-0.39, 0.29) is 5.69 Å². The highest BCUT2D eigenvalue weighted by Gasteiger charge is 2.01. The van der Waals surface area contributed by atoms with Crippen LogP contribution in [0.25, 0.3) is 5.69 Å². The summed E-state index contributed by atoms with van der Waals surface area (Å²) in [6, 6.07) is 7.61. The second-order valence-electron chi connectivity index (χ2n) is 3.79. The Hall–Kier alpha value is -2.70. The molecule has 7 nitrogen and oxygen atoms in total. The van der Waals surface area contributed by atoms with Gasteiger partial charge in [0, 0.05) is 0 Å². The van der Waals surface area contributed by atoms with E-state index in [1.165, 1.54) is 17.2 Å². The van der Waals surface area contributed by atoms with E-state index in [2.05, 4.69) is 20.3 Å². The average molecular weight is 242 g/mol. The molecular formula is C11H10N6O. The molecular weight excluding hydrogens is 232 g/mol. The lowest BCUT2D eigenvalue weighted by Gasteiger charge is -2.03. The van der Waals surface area contributed by atoms with Crippen LogP contribution in [0.4, 0.5) is 0 Å². The molecule has 0 bridgehead atoms. The first-order valence-corrected chi connectivity index (χ1v) is 5.37. The summed E-state index contributed by atoms with van der Waals surface area (Å²) < 4.78 is 3.18.